The third-order valence-electron chi connectivity index (χ3n) is 9.78. The summed E-state index contributed by atoms with van der Waals surface area (Å²) in [4.78, 5) is 8.53. The predicted octanol–water partition coefficient (Wildman–Crippen LogP) is 4.56. The van der Waals surface area contributed by atoms with Crippen LogP contribution in [0, 0.1) is 22.7 Å². The Balaban J connectivity index is 1.53. The van der Waals surface area contributed by atoms with Crippen molar-refractivity contribution in [3.05, 3.63) is 24.3 Å². The van der Waals surface area contributed by atoms with E-state index in [1.165, 1.54) is 24.7 Å². The number of fused-ring (bicyclic) bond motifs is 2. The van der Waals surface area contributed by atoms with Crippen molar-refractivity contribution < 1.29 is 9.67 Å². The van der Waals surface area contributed by atoms with Gasteiger partial charge in [-0.25, -0.2) is 4.57 Å². The molecule has 2 saturated carbocycles. The summed E-state index contributed by atoms with van der Waals surface area (Å²) in [6, 6.07) is 0. The predicted molar refractivity (Wildman–Crippen MR) is 129 cm³/mol. The summed E-state index contributed by atoms with van der Waals surface area (Å²) in [5.41, 5.74) is 8.61. The van der Waals surface area contributed by atoms with Crippen LogP contribution in [0.5, 0.6) is 0 Å². The zero-order valence-corrected chi connectivity index (χ0v) is 20.9. The van der Waals surface area contributed by atoms with Gasteiger partial charge in [0.2, 0.25) is 5.52 Å². The second kappa shape index (κ2) is 8.12. The largest absolute Gasteiger partial charge is 0.389 e. The number of rotatable bonds is 5. The molecule has 2 heterocycles. The number of hydrogen-bond acceptors (Lipinski definition) is 4. The van der Waals surface area contributed by atoms with Gasteiger partial charge in [-0.1, -0.05) is 50.7 Å². The van der Waals surface area contributed by atoms with Gasteiger partial charge < -0.3 is 10.8 Å². The molecule has 2 fully saturated rings. The fourth-order valence-corrected chi connectivity index (χ4v) is 6.95. The third-order valence-corrected chi connectivity index (χ3v) is 9.78. The highest BCUT2D eigenvalue weighted by Crippen LogP contribution is 2.65. The van der Waals surface area contributed by atoms with Gasteiger partial charge in [-0.05, 0) is 68.1 Å². The van der Waals surface area contributed by atoms with Crippen LogP contribution in [0.3, 0.4) is 0 Å². The van der Waals surface area contributed by atoms with Gasteiger partial charge in [-0.15, -0.1) is 0 Å². The lowest BCUT2D eigenvalue weighted by Crippen LogP contribution is -2.66. The highest BCUT2D eigenvalue weighted by Gasteiger charge is 2.64. The number of anilines is 1. The Kier molecular flexibility index (Phi) is 5.89. The monoisotopic (exact) mass is 440 g/mol. The Morgan fingerprint density at radius 1 is 1.25 bits per heavy atom. The average molecular weight is 441 g/mol. The van der Waals surface area contributed by atoms with E-state index in [4.69, 9.17) is 5.73 Å². The minimum atomic E-state index is -0.578. The number of aryl methyl sites for hydroxylation is 1. The van der Waals surface area contributed by atoms with Crippen molar-refractivity contribution in [2.24, 2.45) is 29.7 Å². The first kappa shape index (κ1) is 23.2. The van der Waals surface area contributed by atoms with E-state index < -0.39 is 5.60 Å². The van der Waals surface area contributed by atoms with Crippen molar-refractivity contribution in [2.75, 3.05) is 5.73 Å². The fourth-order valence-electron chi connectivity index (χ4n) is 6.95. The SMILES string of the molecule is C/C(=C\Cn1c[n+](C)c2ncnc(N)c21)CC[C@@]1(C)[C@H](C)CC[C@@]2(C)[C@H](C)CCC[C@]12O. The summed E-state index contributed by atoms with van der Waals surface area (Å²) in [6.45, 7) is 12.4. The van der Waals surface area contributed by atoms with E-state index in [0.717, 1.165) is 49.8 Å². The number of nitrogens with zero attached hydrogens (tertiary/aromatic N) is 4. The normalized spacial score (nSPS) is 35.8. The van der Waals surface area contributed by atoms with E-state index in [-0.39, 0.29) is 10.8 Å². The lowest BCUT2D eigenvalue weighted by Gasteiger charge is -2.65. The summed E-state index contributed by atoms with van der Waals surface area (Å²) in [5.74, 6) is 1.63. The van der Waals surface area contributed by atoms with Crippen LogP contribution < -0.4 is 10.3 Å². The summed E-state index contributed by atoms with van der Waals surface area (Å²) >= 11 is 0. The molecule has 2 aliphatic carbocycles. The van der Waals surface area contributed by atoms with Crippen molar-refractivity contribution in [1.82, 2.24) is 14.5 Å². The van der Waals surface area contributed by atoms with Crippen LogP contribution in [0.1, 0.15) is 79.6 Å². The van der Waals surface area contributed by atoms with Gasteiger partial charge >= 0.3 is 5.65 Å². The van der Waals surface area contributed by atoms with Crippen molar-refractivity contribution in [3.8, 4) is 0 Å². The minimum Gasteiger partial charge on any atom is -0.389 e. The van der Waals surface area contributed by atoms with E-state index in [0.29, 0.717) is 17.7 Å². The van der Waals surface area contributed by atoms with Crippen LogP contribution in [0.15, 0.2) is 24.3 Å². The van der Waals surface area contributed by atoms with Gasteiger partial charge in [0, 0.05) is 0 Å². The number of allylic oxidation sites excluding steroid dienone is 2. The molecular weight excluding hydrogens is 398 g/mol. The molecule has 32 heavy (non-hydrogen) atoms. The zero-order chi connectivity index (χ0) is 23.3. The van der Waals surface area contributed by atoms with Crippen LogP contribution in [0.2, 0.25) is 0 Å². The standard InChI is InChI=1S/C26H42N5O/c1-18(11-15-31-17-30(6)23-21(31)22(27)28-16-29-23)9-13-24(4)20(3)10-14-25(5)19(2)8-7-12-26(24,25)32/h11,16-17,19-20,32H,7-10,12-15H2,1-6H3,(H2,27,28,29)/q+1/b18-11+/t19-,20-,24+,25+,26+/m1/s1. The Morgan fingerprint density at radius 2 is 2.00 bits per heavy atom. The molecule has 6 nitrogen and oxygen atoms in total. The Bertz CT molecular complexity index is 1030. The van der Waals surface area contributed by atoms with Crippen molar-refractivity contribution in [3.63, 3.8) is 0 Å². The second-order valence-corrected chi connectivity index (χ2v) is 11.3. The number of hydrogen-bond donors (Lipinski definition) is 2. The number of nitrogens with two attached hydrogens (primary N) is 1. The molecule has 6 heteroatoms. The van der Waals surface area contributed by atoms with Crippen molar-refractivity contribution in [1.29, 1.82) is 0 Å². The van der Waals surface area contributed by atoms with Crippen LogP contribution in [-0.2, 0) is 13.6 Å². The molecule has 2 aromatic rings. The Labute approximate surface area is 192 Å². The van der Waals surface area contributed by atoms with Gasteiger partial charge in [-0.3, -0.25) is 4.57 Å². The molecule has 176 valence electrons. The lowest BCUT2D eigenvalue weighted by molar-refractivity contribution is -0.647. The molecule has 2 aromatic heterocycles. The van der Waals surface area contributed by atoms with E-state index in [2.05, 4.69) is 55.2 Å². The molecule has 0 aliphatic heterocycles. The Hall–Kier alpha value is -1.95. The first-order valence-corrected chi connectivity index (χ1v) is 12.4. The van der Waals surface area contributed by atoms with Gasteiger partial charge in [0.05, 0.1) is 19.2 Å². The topological polar surface area (TPSA) is 80.8 Å². The lowest BCUT2D eigenvalue weighted by atomic mass is 9.42. The molecule has 5 atom stereocenters. The van der Waals surface area contributed by atoms with Crippen molar-refractivity contribution >= 4 is 17.0 Å². The maximum Gasteiger partial charge on any atom is 0.307 e. The van der Waals surface area contributed by atoms with E-state index in [1.54, 1.807) is 0 Å². The van der Waals surface area contributed by atoms with Gasteiger partial charge in [0.1, 0.15) is 0 Å². The summed E-state index contributed by atoms with van der Waals surface area (Å²) in [7, 11) is 1.98. The second-order valence-electron chi connectivity index (χ2n) is 11.3. The minimum absolute atomic E-state index is 0.0282. The fraction of sp³-hybridized carbons (Fsp3) is 0.731. The smallest absolute Gasteiger partial charge is 0.307 e. The molecule has 0 saturated heterocycles. The summed E-state index contributed by atoms with van der Waals surface area (Å²) in [6.07, 6.45) is 13.6. The number of imidazole rings is 1. The molecule has 4 rings (SSSR count). The summed E-state index contributed by atoms with van der Waals surface area (Å²) in [5, 5.41) is 12.2. The van der Waals surface area contributed by atoms with Crippen molar-refractivity contribution in [2.45, 2.75) is 91.7 Å². The molecule has 0 spiro atoms. The third kappa shape index (κ3) is 3.37. The maximum atomic E-state index is 12.2. The number of nitrogen functional groups attached to an aromatic ring is 1. The van der Waals surface area contributed by atoms with Crippen LogP contribution in [0.25, 0.3) is 11.2 Å². The molecule has 3 N–H and O–H groups in total. The number of aromatic nitrogens is 4. The van der Waals surface area contributed by atoms with Gasteiger partial charge in [0.25, 0.3) is 0 Å². The quantitative estimate of drug-likeness (QED) is 0.528. The van der Waals surface area contributed by atoms with Gasteiger partial charge in [0.15, 0.2) is 18.5 Å². The Morgan fingerprint density at radius 3 is 2.75 bits per heavy atom. The highest BCUT2D eigenvalue weighted by molar-refractivity contribution is 5.79. The van der Waals surface area contributed by atoms with E-state index in [9.17, 15) is 5.11 Å². The first-order valence-electron chi connectivity index (χ1n) is 12.4. The van der Waals surface area contributed by atoms with Crippen LogP contribution in [0.4, 0.5) is 5.82 Å². The summed E-state index contributed by atoms with van der Waals surface area (Å²) < 4.78 is 4.11. The molecule has 2 aliphatic rings. The average Bonchev–Trinajstić information content (AvgIpc) is 3.08. The molecule has 0 radical (unpaired) electrons. The molecule has 0 unspecified atom stereocenters. The van der Waals surface area contributed by atoms with Crippen LogP contribution >= 0.6 is 0 Å². The van der Waals surface area contributed by atoms with E-state index in [1.807, 2.05) is 17.9 Å². The molecule has 0 bridgehead atoms. The van der Waals surface area contributed by atoms with Crippen LogP contribution in [-0.4, -0.2) is 25.2 Å². The zero-order valence-electron chi connectivity index (χ0n) is 20.9. The van der Waals surface area contributed by atoms with E-state index >= 15 is 0 Å². The highest BCUT2D eigenvalue weighted by atomic mass is 16.3. The number of aliphatic hydroxyl groups is 1. The molecule has 0 aromatic carbocycles. The maximum absolute atomic E-state index is 12.2. The molecular formula is C26H42N5O+. The molecule has 0 amide bonds. The first-order chi connectivity index (χ1) is 15.0. The van der Waals surface area contributed by atoms with Gasteiger partial charge in [-0.2, -0.15) is 4.98 Å².